The maximum absolute atomic E-state index is 12.6. The van der Waals surface area contributed by atoms with Gasteiger partial charge in [0.2, 0.25) is 0 Å². The Bertz CT molecular complexity index is 567. The van der Waals surface area contributed by atoms with Crippen LogP contribution in [0.15, 0.2) is 12.4 Å². The molecule has 9 heteroatoms. The van der Waals surface area contributed by atoms with Crippen LogP contribution in [0, 0.1) is 0 Å². The van der Waals surface area contributed by atoms with E-state index in [1.807, 2.05) is 6.92 Å². The predicted molar refractivity (Wildman–Crippen MR) is 89.8 cm³/mol. The van der Waals surface area contributed by atoms with Crippen LogP contribution in [-0.2, 0) is 22.6 Å². The van der Waals surface area contributed by atoms with Gasteiger partial charge in [-0.15, -0.1) is 0 Å². The number of imidazole rings is 1. The molecule has 1 aromatic rings. The van der Waals surface area contributed by atoms with Gasteiger partial charge in [-0.05, 0) is 19.8 Å². The number of alkyl halides is 3. The summed E-state index contributed by atoms with van der Waals surface area (Å²) in [6.07, 6.45) is 0.668. The summed E-state index contributed by atoms with van der Waals surface area (Å²) < 4.78 is 50.2. The Hall–Kier alpha value is -1.16. The summed E-state index contributed by atoms with van der Waals surface area (Å²) in [5.74, 6) is 0.403. The van der Waals surface area contributed by atoms with Crippen molar-refractivity contribution in [2.45, 2.75) is 50.7 Å². The smallest absolute Gasteiger partial charge is 0.379 e. The molecule has 6 nitrogen and oxygen atoms in total. The lowest BCUT2D eigenvalue weighted by molar-refractivity contribution is -0.141. The molecule has 0 amide bonds. The summed E-state index contributed by atoms with van der Waals surface area (Å²) in [5, 5.41) is 3.33. The van der Waals surface area contributed by atoms with Crippen LogP contribution in [0.4, 0.5) is 13.2 Å². The number of nitrogens with zero attached hydrogens (tertiary/aromatic N) is 3. The molecular weight excluding hydrogens is 349 g/mol. The van der Waals surface area contributed by atoms with Gasteiger partial charge in [-0.25, -0.2) is 4.98 Å². The average molecular weight is 376 g/mol. The van der Waals surface area contributed by atoms with Crippen molar-refractivity contribution < 1.29 is 22.6 Å². The maximum atomic E-state index is 12.6. The van der Waals surface area contributed by atoms with Gasteiger partial charge in [0.15, 0.2) is 0 Å². The third-order valence-corrected chi connectivity index (χ3v) is 5.19. The Kier molecular flexibility index (Phi) is 6.21. The summed E-state index contributed by atoms with van der Waals surface area (Å²) in [7, 11) is 0. The summed E-state index contributed by atoms with van der Waals surface area (Å²) in [6.45, 7) is 5.90. The highest BCUT2D eigenvalue weighted by molar-refractivity contribution is 5.06. The second kappa shape index (κ2) is 8.24. The average Bonchev–Trinajstić information content (AvgIpc) is 2.98. The third-order valence-electron chi connectivity index (χ3n) is 5.19. The maximum Gasteiger partial charge on any atom is 0.406 e. The Morgan fingerprint density at radius 3 is 2.73 bits per heavy atom. The summed E-state index contributed by atoms with van der Waals surface area (Å²) in [6, 6.07) is 0. The number of morpholine rings is 1. The first-order valence-electron chi connectivity index (χ1n) is 9.14. The van der Waals surface area contributed by atoms with E-state index in [1.54, 1.807) is 0 Å². The summed E-state index contributed by atoms with van der Waals surface area (Å²) >= 11 is 0. The lowest BCUT2D eigenvalue weighted by atomic mass is 9.72. The van der Waals surface area contributed by atoms with Gasteiger partial charge in [0.1, 0.15) is 12.4 Å². The number of hydrogen-bond acceptors (Lipinski definition) is 5. The molecule has 1 aliphatic heterocycles. The second-order valence-electron chi connectivity index (χ2n) is 7.00. The molecule has 0 spiro atoms. The van der Waals surface area contributed by atoms with Gasteiger partial charge in [-0.3, -0.25) is 4.90 Å². The SMILES string of the molecule is CCOC1CC(CNCc2nccn2CC(F)(F)F)(N2CCOCC2)C1. The molecule has 2 fully saturated rings. The van der Waals surface area contributed by atoms with Gasteiger partial charge in [-0.1, -0.05) is 0 Å². The Morgan fingerprint density at radius 1 is 1.35 bits per heavy atom. The molecule has 148 valence electrons. The molecule has 2 aliphatic rings. The van der Waals surface area contributed by atoms with E-state index in [-0.39, 0.29) is 11.6 Å². The minimum Gasteiger partial charge on any atom is -0.379 e. The molecule has 1 N–H and O–H groups in total. The van der Waals surface area contributed by atoms with E-state index in [2.05, 4.69) is 15.2 Å². The van der Waals surface area contributed by atoms with Crippen LogP contribution in [0.2, 0.25) is 0 Å². The highest BCUT2D eigenvalue weighted by atomic mass is 19.4. The van der Waals surface area contributed by atoms with Crippen molar-refractivity contribution in [2.75, 3.05) is 39.5 Å². The highest BCUT2D eigenvalue weighted by Crippen LogP contribution is 2.40. The Labute approximate surface area is 151 Å². The normalized spacial score (nSPS) is 27.5. The van der Waals surface area contributed by atoms with E-state index in [0.29, 0.717) is 25.5 Å². The Balaban J connectivity index is 1.56. The lowest BCUT2D eigenvalue weighted by Gasteiger charge is -2.55. The first-order valence-corrected chi connectivity index (χ1v) is 9.14. The molecule has 1 aromatic heterocycles. The molecule has 2 heterocycles. The van der Waals surface area contributed by atoms with Crippen LogP contribution in [0.5, 0.6) is 0 Å². The molecule has 1 saturated carbocycles. The van der Waals surface area contributed by atoms with Gasteiger partial charge in [0.25, 0.3) is 0 Å². The van der Waals surface area contributed by atoms with Crippen molar-refractivity contribution in [3.05, 3.63) is 18.2 Å². The largest absolute Gasteiger partial charge is 0.406 e. The summed E-state index contributed by atoms with van der Waals surface area (Å²) in [4.78, 5) is 6.49. The topological polar surface area (TPSA) is 51.5 Å². The zero-order chi connectivity index (χ0) is 18.6. The molecule has 0 unspecified atom stereocenters. The van der Waals surface area contributed by atoms with Gasteiger partial charge < -0.3 is 19.4 Å². The zero-order valence-electron chi connectivity index (χ0n) is 15.1. The van der Waals surface area contributed by atoms with E-state index in [9.17, 15) is 13.2 Å². The minimum absolute atomic E-state index is 0.00886. The van der Waals surface area contributed by atoms with Crippen molar-refractivity contribution in [3.63, 3.8) is 0 Å². The van der Waals surface area contributed by atoms with E-state index in [0.717, 1.165) is 43.7 Å². The fourth-order valence-electron chi connectivity index (χ4n) is 3.94. The molecule has 0 aromatic carbocycles. The van der Waals surface area contributed by atoms with E-state index in [4.69, 9.17) is 9.47 Å². The quantitative estimate of drug-likeness (QED) is 0.750. The molecule has 26 heavy (non-hydrogen) atoms. The minimum atomic E-state index is -4.25. The van der Waals surface area contributed by atoms with E-state index < -0.39 is 12.7 Å². The lowest BCUT2D eigenvalue weighted by Crippen LogP contribution is -2.66. The van der Waals surface area contributed by atoms with E-state index in [1.165, 1.54) is 12.4 Å². The number of hydrogen-bond donors (Lipinski definition) is 1. The summed E-state index contributed by atoms with van der Waals surface area (Å²) in [5.41, 5.74) is -0.00886. The molecule has 0 bridgehead atoms. The fraction of sp³-hybridized carbons (Fsp3) is 0.824. The van der Waals surface area contributed by atoms with Gasteiger partial charge >= 0.3 is 6.18 Å². The van der Waals surface area contributed by atoms with Crippen molar-refractivity contribution in [3.8, 4) is 0 Å². The van der Waals surface area contributed by atoms with Gasteiger partial charge in [0.05, 0.1) is 25.9 Å². The number of ether oxygens (including phenoxy) is 2. The van der Waals surface area contributed by atoms with E-state index >= 15 is 0 Å². The molecule has 0 radical (unpaired) electrons. The van der Waals surface area contributed by atoms with Crippen LogP contribution in [0.25, 0.3) is 0 Å². The third kappa shape index (κ3) is 4.76. The molecule has 1 saturated heterocycles. The first-order chi connectivity index (χ1) is 12.4. The second-order valence-corrected chi connectivity index (χ2v) is 7.00. The van der Waals surface area contributed by atoms with Gasteiger partial charge in [-0.2, -0.15) is 13.2 Å². The molecule has 0 atom stereocenters. The highest BCUT2D eigenvalue weighted by Gasteiger charge is 2.48. The number of nitrogens with one attached hydrogen (secondary N) is 1. The monoisotopic (exact) mass is 376 g/mol. The standard InChI is InChI=1S/C17H27F3N4O2/c1-2-26-14-9-16(10-14,24-5-7-25-8-6-24)12-21-11-15-22-3-4-23(15)13-17(18,19)20/h3-4,14,21H,2,5-13H2,1H3. The van der Waals surface area contributed by atoms with Crippen LogP contribution in [0.3, 0.4) is 0 Å². The number of halogens is 3. The van der Waals surface area contributed by atoms with Crippen LogP contribution >= 0.6 is 0 Å². The molecule has 3 rings (SSSR count). The Morgan fingerprint density at radius 2 is 2.08 bits per heavy atom. The zero-order valence-corrected chi connectivity index (χ0v) is 15.1. The van der Waals surface area contributed by atoms with Crippen LogP contribution in [-0.4, -0.2) is 71.7 Å². The number of aromatic nitrogens is 2. The van der Waals surface area contributed by atoms with Gasteiger partial charge in [0, 0.05) is 44.2 Å². The molecule has 1 aliphatic carbocycles. The van der Waals surface area contributed by atoms with Crippen LogP contribution in [0.1, 0.15) is 25.6 Å². The van der Waals surface area contributed by atoms with Crippen molar-refractivity contribution >= 4 is 0 Å². The fourth-order valence-corrected chi connectivity index (χ4v) is 3.94. The first kappa shape index (κ1) is 19.6. The van der Waals surface area contributed by atoms with Crippen molar-refractivity contribution in [2.24, 2.45) is 0 Å². The number of rotatable bonds is 8. The predicted octanol–water partition coefficient (Wildman–Crippen LogP) is 1.80. The molecular formula is C17H27F3N4O2. The van der Waals surface area contributed by atoms with Crippen molar-refractivity contribution in [1.82, 2.24) is 19.8 Å². The van der Waals surface area contributed by atoms with Crippen molar-refractivity contribution in [1.29, 1.82) is 0 Å². The van der Waals surface area contributed by atoms with Crippen LogP contribution < -0.4 is 5.32 Å².